The third kappa shape index (κ3) is 4.09. The first-order valence-corrected chi connectivity index (χ1v) is 10.8. The van der Waals surface area contributed by atoms with Crippen LogP contribution in [-0.4, -0.2) is 70.5 Å². The maximum Gasteiger partial charge on any atom is 0.259 e. The number of aromatic amines is 2. The van der Waals surface area contributed by atoms with Crippen molar-refractivity contribution in [1.82, 2.24) is 24.8 Å². The second kappa shape index (κ2) is 8.47. The van der Waals surface area contributed by atoms with Crippen LogP contribution in [0, 0.1) is 0 Å². The van der Waals surface area contributed by atoms with E-state index >= 15 is 0 Å². The van der Waals surface area contributed by atoms with E-state index in [9.17, 15) is 9.59 Å². The summed E-state index contributed by atoms with van der Waals surface area (Å²) in [5.74, 6) is 1.45. The van der Waals surface area contributed by atoms with Gasteiger partial charge in [-0.2, -0.15) is 0 Å². The predicted octanol–water partition coefficient (Wildman–Crippen LogP) is 2.61. The molecule has 1 saturated heterocycles. The predicted molar refractivity (Wildman–Crippen MR) is 124 cm³/mol. The number of aromatic nitrogens is 3. The minimum atomic E-state index is -0.180. The average Bonchev–Trinajstić information content (AvgIpc) is 3.15. The second-order valence-electron chi connectivity index (χ2n) is 8.12. The molecule has 164 valence electrons. The fourth-order valence-electron chi connectivity index (χ4n) is 4.02. The highest BCUT2D eigenvalue weighted by molar-refractivity contribution is 5.85. The number of nitrogens with one attached hydrogen (secondary N) is 2. The Morgan fingerprint density at radius 1 is 1.00 bits per heavy atom. The van der Waals surface area contributed by atoms with Gasteiger partial charge in [0.15, 0.2) is 0 Å². The summed E-state index contributed by atoms with van der Waals surface area (Å²) < 4.78 is 5.95. The minimum absolute atomic E-state index is 0.180. The standard InChI is InChI=1S/C24H25N5O3/c1-28-10-11-29(9-8-22(28)30)12-13-32-17-6-7-20-21(15-17)26-23(25-20)18-14-16-4-2-3-5-19(16)27-24(18)31/h2-7,14-15H,8-13H2,1H3,(H,25,26)(H,27,31). The number of carbonyl (C=O) groups excluding carboxylic acids is 1. The van der Waals surface area contributed by atoms with E-state index in [1.165, 1.54) is 0 Å². The lowest BCUT2D eigenvalue weighted by atomic mass is 10.1. The first-order valence-electron chi connectivity index (χ1n) is 10.8. The molecule has 1 aliphatic heterocycles. The third-order valence-corrected chi connectivity index (χ3v) is 5.96. The Kier molecular flexibility index (Phi) is 5.36. The number of hydrogen-bond donors (Lipinski definition) is 2. The molecule has 0 saturated carbocycles. The monoisotopic (exact) mass is 431 g/mol. The molecule has 0 radical (unpaired) electrons. The fourth-order valence-corrected chi connectivity index (χ4v) is 4.02. The number of pyridine rings is 1. The van der Waals surface area contributed by atoms with Gasteiger partial charge in [0.25, 0.3) is 5.56 Å². The van der Waals surface area contributed by atoms with Crippen LogP contribution in [0.4, 0.5) is 0 Å². The molecule has 2 aromatic carbocycles. The summed E-state index contributed by atoms with van der Waals surface area (Å²) in [4.78, 5) is 39.2. The zero-order valence-corrected chi connectivity index (χ0v) is 17.9. The SMILES string of the molecule is CN1CCN(CCOc2ccc3[nH]c(-c4cc5ccccc5[nH]c4=O)nc3c2)CCC1=O. The Balaban J connectivity index is 1.30. The fraction of sp³-hybridized carbons (Fsp3) is 0.292. The van der Waals surface area contributed by atoms with Crippen LogP contribution < -0.4 is 10.3 Å². The van der Waals surface area contributed by atoms with Gasteiger partial charge in [-0.15, -0.1) is 0 Å². The van der Waals surface area contributed by atoms with Crippen molar-refractivity contribution in [3.63, 3.8) is 0 Å². The van der Waals surface area contributed by atoms with Gasteiger partial charge in [0.1, 0.15) is 18.2 Å². The van der Waals surface area contributed by atoms with E-state index in [0.29, 0.717) is 24.4 Å². The Hall–Kier alpha value is -3.65. The van der Waals surface area contributed by atoms with E-state index in [1.54, 1.807) is 4.90 Å². The van der Waals surface area contributed by atoms with Gasteiger partial charge in [0.05, 0.1) is 16.6 Å². The zero-order chi connectivity index (χ0) is 22.1. The lowest BCUT2D eigenvalue weighted by Gasteiger charge is -2.19. The highest BCUT2D eigenvalue weighted by Crippen LogP contribution is 2.24. The van der Waals surface area contributed by atoms with E-state index in [-0.39, 0.29) is 11.5 Å². The summed E-state index contributed by atoms with van der Waals surface area (Å²) in [5, 5.41) is 0.952. The van der Waals surface area contributed by atoms with Crippen LogP contribution in [0.15, 0.2) is 53.3 Å². The van der Waals surface area contributed by atoms with Crippen LogP contribution in [0.5, 0.6) is 5.75 Å². The maximum absolute atomic E-state index is 12.6. The average molecular weight is 431 g/mol. The van der Waals surface area contributed by atoms with Crippen molar-refractivity contribution in [3.05, 3.63) is 58.9 Å². The number of nitrogens with zero attached hydrogens (tertiary/aromatic N) is 3. The molecule has 4 aromatic rings. The van der Waals surface area contributed by atoms with Gasteiger partial charge >= 0.3 is 0 Å². The highest BCUT2D eigenvalue weighted by Gasteiger charge is 2.17. The first-order chi connectivity index (χ1) is 15.6. The van der Waals surface area contributed by atoms with Crippen molar-refractivity contribution < 1.29 is 9.53 Å². The Morgan fingerprint density at radius 2 is 1.88 bits per heavy atom. The molecule has 0 aliphatic carbocycles. The van der Waals surface area contributed by atoms with Crippen LogP contribution in [0.3, 0.4) is 0 Å². The van der Waals surface area contributed by atoms with E-state index in [1.807, 2.05) is 55.6 Å². The summed E-state index contributed by atoms with van der Waals surface area (Å²) in [6.45, 7) is 3.65. The molecule has 2 N–H and O–H groups in total. The quantitative estimate of drug-likeness (QED) is 0.507. The Morgan fingerprint density at radius 3 is 2.78 bits per heavy atom. The van der Waals surface area contributed by atoms with Gasteiger partial charge in [-0.1, -0.05) is 18.2 Å². The van der Waals surface area contributed by atoms with Crippen LogP contribution in [0.2, 0.25) is 0 Å². The minimum Gasteiger partial charge on any atom is -0.492 e. The topological polar surface area (TPSA) is 94.3 Å². The molecule has 0 spiro atoms. The number of carbonyl (C=O) groups is 1. The summed E-state index contributed by atoms with van der Waals surface area (Å²) in [5.41, 5.74) is 2.71. The summed E-state index contributed by atoms with van der Waals surface area (Å²) in [6.07, 6.45) is 0.548. The number of amides is 1. The molecular weight excluding hydrogens is 406 g/mol. The van der Waals surface area contributed by atoms with Crippen molar-refractivity contribution in [2.24, 2.45) is 0 Å². The molecule has 2 aromatic heterocycles. The molecular formula is C24H25N5O3. The van der Waals surface area contributed by atoms with Gasteiger partial charge in [-0.25, -0.2) is 4.98 Å². The number of hydrogen-bond acceptors (Lipinski definition) is 5. The molecule has 8 heteroatoms. The molecule has 3 heterocycles. The molecule has 1 aliphatic rings. The number of rotatable bonds is 5. The van der Waals surface area contributed by atoms with Gasteiger partial charge in [-0.05, 0) is 29.7 Å². The first kappa shape index (κ1) is 20.3. The van der Waals surface area contributed by atoms with Crippen molar-refractivity contribution in [1.29, 1.82) is 0 Å². The van der Waals surface area contributed by atoms with Gasteiger partial charge in [-0.3, -0.25) is 14.5 Å². The Labute approximate surface area is 184 Å². The molecule has 0 unspecified atom stereocenters. The highest BCUT2D eigenvalue weighted by atomic mass is 16.5. The molecule has 5 rings (SSSR count). The number of imidazole rings is 1. The van der Waals surface area contributed by atoms with Crippen molar-refractivity contribution in [2.75, 3.05) is 39.8 Å². The molecule has 8 nitrogen and oxygen atoms in total. The lowest BCUT2D eigenvalue weighted by Crippen LogP contribution is -2.32. The van der Waals surface area contributed by atoms with Crippen LogP contribution >= 0.6 is 0 Å². The normalized spacial score (nSPS) is 15.4. The van der Waals surface area contributed by atoms with Gasteiger partial charge in [0.2, 0.25) is 5.91 Å². The number of benzene rings is 2. The summed E-state index contributed by atoms with van der Waals surface area (Å²) in [7, 11) is 1.85. The van der Waals surface area contributed by atoms with E-state index < -0.39 is 0 Å². The van der Waals surface area contributed by atoms with Crippen LogP contribution in [-0.2, 0) is 4.79 Å². The number of likely N-dealkylation sites (N-methyl/N-ethyl adjacent to an activating group) is 1. The van der Waals surface area contributed by atoms with Gasteiger partial charge in [0, 0.05) is 51.2 Å². The molecule has 32 heavy (non-hydrogen) atoms. The second-order valence-corrected chi connectivity index (χ2v) is 8.12. The molecule has 0 atom stereocenters. The van der Waals surface area contributed by atoms with Gasteiger partial charge < -0.3 is 19.6 Å². The summed E-state index contributed by atoms with van der Waals surface area (Å²) >= 11 is 0. The van der Waals surface area contributed by atoms with E-state index in [2.05, 4.69) is 19.9 Å². The molecule has 1 fully saturated rings. The maximum atomic E-state index is 12.6. The number of ether oxygens (including phenoxy) is 1. The smallest absolute Gasteiger partial charge is 0.259 e. The molecule has 1 amide bonds. The van der Waals surface area contributed by atoms with Crippen LogP contribution in [0.25, 0.3) is 33.3 Å². The van der Waals surface area contributed by atoms with E-state index in [0.717, 1.165) is 53.9 Å². The van der Waals surface area contributed by atoms with Crippen molar-refractivity contribution in [2.45, 2.75) is 6.42 Å². The largest absolute Gasteiger partial charge is 0.492 e. The summed E-state index contributed by atoms with van der Waals surface area (Å²) in [6, 6.07) is 15.2. The Bertz CT molecular complexity index is 1340. The van der Waals surface area contributed by atoms with Crippen molar-refractivity contribution in [3.8, 4) is 17.1 Å². The number of H-pyrrole nitrogens is 2. The van der Waals surface area contributed by atoms with E-state index in [4.69, 9.17) is 4.74 Å². The number of para-hydroxylation sites is 1. The molecule has 0 bridgehead atoms. The number of fused-ring (bicyclic) bond motifs is 2. The lowest BCUT2D eigenvalue weighted by molar-refractivity contribution is -0.129. The van der Waals surface area contributed by atoms with Crippen LogP contribution in [0.1, 0.15) is 6.42 Å². The third-order valence-electron chi connectivity index (χ3n) is 5.96. The van der Waals surface area contributed by atoms with Crippen molar-refractivity contribution >= 4 is 27.8 Å². The zero-order valence-electron chi connectivity index (χ0n) is 17.9.